The number of carbonyl (C=O) groups is 1. The minimum absolute atomic E-state index is 0.228. The molecule has 0 radical (unpaired) electrons. The molecule has 1 aliphatic heterocycles. The van der Waals surface area contributed by atoms with Gasteiger partial charge in [0.25, 0.3) is 0 Å². The predicted octanol–water partition coefficient (Wildman–Crippen LogP) is 1.41. The molecule has 66 valence electrons. The van der Waals surface area contributed by atoms with E-state index in [1.165, 1.54) is 0 Å². The van der Waals surface area contributed by atoms with E-state index in [9.17, 15) is 4.79 Å². The van der Waals surface area contributed by atoms with E-state index in [4.69, 9.17) is 9.47 Å². The van der Waals surface area contributed by atoms with E-state index < -0.39 is 0 Å². The molecule has 1 aliphatic rings. The highest BCUT2D eigenvalue weighted by molar-refractivity contribution is 5.87. The Morgan fingerprint density at radius 2 is 2.58 bits per heavy atom. The molecule has 0 N–H and O–H groups in total. The lowest BCUT2D eigenvalue weighted by atomic mass is 10.4. The van der Waals surface area contributed by atoms with Gasteiger partial charge in [-0.2, -0.15) is 0 Å². The van der Waals surface area contributed by atoms with Crippen molar-refractivity contribution in [1.82, 2.24) is 0 Å². The fourth-order valence-electron chi connectivity index (χ4n) is 0.829. The van der Waals surface area contributed by atoms with Gasteiger partial charge in [0, 0.05) is 12.0 Å². The zero-order valence-electron chi connectivity index (χ0n) is 7.13. The van der Waals surface area contributed by atoms with Gasteiger partial charge in [0.15, 0.2) is 0 Å². The summed E-state index contributed by atoms with van der Waals surface area (Å²) in [6.45, 7) is 6.01. The third kappa shape index (κ3) is 2.42. The van der Waals surface area contributed by atoms with Gasteiger partial charge in [-0.15, -0.1) is 0 Å². The number of ether oxygens (including phenoxy) is 2. The first-order valence-electron chi connectivity index (χ1n) is 3.84. The normalized spacial score (nSPS) is 14.9. The average molecular weight is 168 g/mol. The number of esters is 1. The maximum Gasteiger partial charge on any atom is 0.333 e. The molecule has 0 spiro atoms. The van der Waals surface area contributed by atoms with Crippen molar-refractivity contribution >= 4 is 5.97 Å². The van der Waals surface area contributed by atoms with Crippen molar-refractivity contribution in [2.24, 2.45) is 0 Å². The first kappa shape index (κ1) is 8.84. The van der Waals surface area contributed by atoms with E-state index in [0.29, 0.717) is 12.2 Å². The highest BCUT2D eigenvalue weighted by atomic mass is 16.6. The standard InChI is InChI=1S/C9H12O3/c1-7(2)9(10)12-6-8-4-3-5-11-8/h4H,1,3,5-6H2,2H3. The Balaban J connectivity index is 2.25. The van der Waals surface area contributed by atoms with Crippen molar-refractivity contribution < 1.29 is 14.3 Å². The van der Waals surface area contributed by atoms with Crippen LogP contribution in [0.25, 0.3) is 0 Å². The molecule has 0 aromatic rings. The van der Waals surface area contributed by atoms with Crippen LogP contribution in [0.15, 0.2) is 24.0 Å². The smallest absolute Gasteiger partial charge is 0.333 e. The topological polar surface area (TPSA) is 35.5 Å². The van der Waals surface area contributed by atoms with Crippen molar-refractivity contribution in [1.29, 1.82) is 0 Å². The number of rotatable bonds is 3. The van der Waals surface area contributed by atoms with Crippen molar-refractivity contribution in [2.75, 3.05) is 13.2 Å². The third-order valence-electron chi connectivity index (χ3n) is 1.47. The second kappa shape index (κ2) is 3.95. The van der Waals surface area contributed by atoms with E-state index in [-0.39, 0.29) is 12.6 Å². The Hall–Kier alpha value is -1.25. The van der Waals surface area contributed by atoms with Gasteiger partial charge in [0.2, 0.25) is 0 Å². The molecule has 0 unspecified atom stereocenters. The summed E-state index contributed by atoms with van der Waals surface area (Å²) >= 11 is 0. The number of hydrogen-bond acceptors (Lipinski definition) is 3. The fourth-order valence-corrected chi connectivity index (χ4v) is 0.829. The Bertz CT molecular complexity index is 226. The fraction of sp³-hybridized carbons (Fsp3) is 0.444. The van der Waals surface area contributed by atoms with Crippen LogP contribution in [0.1, 0.15) is 13.3 Å². The Kier molecular flexibility index (Phi) is 2.91. The Labute approximate surface area is 71.7 Å². The lowest BCUT2D eigenvalue weighted by Gasteiger charge is -2.04. The minimum atomic E-state index is -0.369. The molecule has 0 amide bonds. The second-order valence-corrected chi connectivity index (χ2v) is 2.66. The van der Waals surface area contributed by atoms with Crippen molar-refractivity contribution in [3.8, 4) is 0 Å². The highest BCUT2D eigenvalue weighted by Crippen LogP contribution is 2.09. The first-order valence-corrected chi connectivity index (χ1v) is 3.84. The van der Waals surface area contributed by atoms with Gasteiger partial charge in [0.05, 0.1) is 6.61 Å². The van der Waals surface area contributed by atoms with Crippen LogP contribution in [0.3, 0.4) is 0 Å². The van der Waals surface area contributed by atoms with Gasteiger partial charge >= 0.3 is 5.97 Å². The summed E-state index contributed by atoms with van der Waals surface area (Å²) in [5, 5.41) is 0. The highest BCUT2D eigenvalue weighted by Gasteiger charge is 2.08. The summed E-state index contributed by atoms with van der Waals surface area (Å²) in [6, 6.07) is 0. The Morgan fingerprint density at radius 1 is 1.83 bits per heavy atom. The molecule has 0 atom stereocenters. The predicted molar refractivity (Wildman–Crippen MR) is 44.4 cm³/mol. The molecule has 3 nitrogen and oxygen atoms in total. The van der Waals surface area contributed by atoms with E-state index in [2.05, 4.69) is 6.58 Å². The molecule has 0 saturated heterocycles. The lowest BCUT2D eigenvalue weighted by Crippen LogP contribution is -2.08. The molecule has 0 bridgehead atoms. The molecule has 0 fully saturated rings. The lowest BCUT2D eigenvalue weighted by molar-refractivity contribution is -0.138. The summed E-state index contributed by atoms with van der Waals surface area (Å²) in [5.41, 5.74) is 0.411. The van der Waals surface area contributed by atoms with Crippen LogP contribution < -0.4 is 0 Å². The molecular weight excluding hydrogens is 156 g/mol. The van der Waals surface area contributed by atoms with Crippen LogP contribution in [-0.2, 0) is 14.3 Å². The monoisotopic (exact) mass is 168 g/mol. The maximum absolute atomic E-state index is 10.9. The molecule has 0 saturated carbocycles. The quantitative estimate of drug-likeness (QED) is 0.472. The van der Waals surface area contributed by atoms with Crippen LogP contribution in [0.5, 0.6) is 0 Å². The maximum atomic E-state index is 10.9. The van der Waals surface area contributed by atoms with Gasteiger partial charge < -0.3 is 9.47 Å². The second-order valence-electron chi connectivity index (χ2n) is 2.66. The van der Waals surface area contributed by atoms with Gasteiger partial charge in [-0.3, -0.25) is 0 Å². The van der Waals surface area contributed by atoms with Crippen LogP contribution in [0, 0.1) is 0 Å². The molecule has 1 rings (SSSR count). The van der Waals surface area contributed by atoms with Gasteiger partial charge in [-0.1, -0.05) is 6.58 Å². The zero-order valence-corrected chi connectivity index (χ0v) is 7.13. The SMILES string of the molecule is C=C(C)C(=O)OCC1=CCCO1. The summed E-state index contributed by atoms with van der Waals surface area (Å²) < 4.78 is 9.99. The van der Waals surface area contributed by atoms with Crippen LogP contribution >= 0.6 is 0 Å². The van der Waals surface area contributed by atoms with Crippen molar-refractivity contribution in [3.05, 3.63) is 24.0 Å². The summed E-state index contributed by atoms with van der Waals surface area (Å²) in [6.07, 6.45) is 2.83. The van der Waals surface area contributed by atoms with E-state index in [1.807, 2.05) is 6.08 Å². The number of hydrogen-bond donors (Lipinski definition) is 0. The molecule has 3 heteroatoms. The van der Waals surface area contributed by atoms with Crippen LogP contribution in [-0.4, -0.2) is 19.2 Å². The van der Waals surface area contributed by atoms with Crippen molar-refractivity contribution in [3.63, 3.8) is 0 Å². The number of carbonyl (C=O) groups excluding carboxylic acids is 1. The molecule has 12 heavy (non-hydrogen) atoms. The first-order chi connectivity index (χ1) is 5.70. The van der Waals surface area contributed by atoms with Gasteiger partial charge in [-0.05, 0) is 13.0 Å². The molecule has 0 aliphatic carbocycles. The van der Waals surface area contributed by atoms with Crippen LogP contribution in [0.2, 0.25) is 0 Å². The van der Waals surface area contributed by atoms with Crippen LogP contribution in [0.4, 0.5) is 0 Å². The Morgan fingerprint density at radius 3 is 3.08 bits per heavy atom. The zero-order chi connectivity index (χ0) is 8.97. The van der Waals surface area contributed by atoms with Gasteiger partial charge in [-0.25, -0.2) is 4.79 Å². The van der Waals surface area contributed by atoms with E-state index in [0.717, 1.165) is 12.2 Å². The van der Waals surface area contributed by atoms with E-state index in [1.54, 1.807) is 6.92 Å². The molecule has 0 aromatic carbocycles. The largest absolute Gasteiger partial charge is 0.494 e. The average Bonchev–Trinajstić information content (AvgIpc) is 2.51. The van der Waals surface area contributed by atoms with E-state index >= 15 is 0 Å². The molecular formula is C9H12O3. The minimum Gasteiger partial charge on any atom is -0.494 e. The summed E-state index contributed by atoms with van der Waals surface area (Å²) in [5.74, 6) is 0.371. The summed E-state index contributed by atoms with van der Waals surface area (Å²) in [7, 11) is 0. The van der Waals surface area contributed by atoms with Gasteiger partial charge in [0.1, 0.15) is 12.4 Å². The molecule has 0 aromatic heterocycles. The van der Waals surface area contributed by atoms with Crippen molar-refractivity contribution in [2.45, 2.75) is 13.3 Å². The molecule has 1 heterocycles. The summed E-state index contributed by atoms with van der Waals surface area (Å²) in [4.78, 5) is 10.9. The third-order valence-corrected chi connectivity index (χ3v) is 1.47.